The Morgan fingerprint density at radius 1 is 1.12 bits per heavy atom. The van der Waals surface area contributed by atoms with Crippen LogP contribution in [0.4, 0.5) is 0 Å². The zero-order valence-corrected chi connectivity index (χ0v) is 19.7. The van der Waals surface area contributed by atoms with E-state index in [-0.39, 0.29) is 29.8 Å². The summed E-state index contributed by atoms with van der Waals surface area (Å²) in [6.45, 7) is 4.06. The van der Waals surface area contributed by atoms with Gasteiger partial charge in [-0.25, -0.2) is 0 Å². The van der Waals surface area contributed by atoms with E-state index < -0.39 is 0 Å². The molecule has 6 nitrogen and oxygen atoms in total. The lowest BCUT2D eigenvalue weighted by Crippen LogP contribution is -2.37. The summed E-state index contributed by atoms with van der Waals surface area (Å²) in [5, 5.41) is 3.05. The van der Waals surface area contributed by atoms with Gasteiger partial charge in [-0.3, -0.25) is 14.4 Å². The average molecular weight is 462 g/mol. The Balaban J connectivity index is 1.24. The van der Waals surface area contributed by atoms with Crippen molar-refractivity contribution in [2.75, 3.05) is 19.7 Å². The zero-order chi connectivity index (χ0) is 23.7. The van der Waals surface area contributed by atoms with Crippen LogP contribution in [0.25, 0.3) is 21.7 Å². The molecule has 1 aliphatic heterocycles. The highest BCUT2D eigenvalue weighted by atomic mass is 16.5. The third-order valence-electron chi connectivity index (χ3n) is 7.49. The molecule has 1 aliphatic carbocycles. The Morgan fingerprint density at radius 3 is 2.71 bits per heavy atom. The number of benzene rings is 2. The van der Waals surface area contributed by atoms with E-state index in [1.807, 2.05) is 35.2 Å². The van der Waals surface area contributed by atoms with Crippen molar-refractivity contribution in [1.82, 2.24) is 4.90 Å². The number of carbonyl (C=O) groups is 3. The summed E-state index contributed by atoms with van der Waals surface area (Å²) in [4.78, 5) is 37.6. The second kappa shape index (κ2) is 9.61. The number of furan rings is 1. The first-order valence-corrected chi connectivity index (χ1v) is 12.4. The first-order chi connectivity index (χ1) is 16.5. The number of carbonyl (C=O) groups excluding carboxylic acids is 3. The molecule has 0 radical (unpaired) electrons. The lowest BCUT2D eigenvalue weighted by molar-refractivity contribution is -0.131. The number of rotatable bonds is 6. The number of nitrogens with zero attached hydrogens (tertiary/aromatic N) is 1. The van der Waals surface area contributed by atoms with Gasteiger partial charge in [-0.1, -0.05) is 6.07 Å². The number of Topliss-reactive ketones (excluding diaryl/α,β-unsaturated/α-hetero) is 2. The minimum Gasteiger partial charge on any atom is -0.494 e. The molecule has 1 aromatic heterocycles. The first kappa shape index (κ1) is 22.6. The van der Waals surface area contributed by atoms with Crippen LogP contribution in [-0.4, -0.2) is 42.1 Å². The van der Waals surface area contributed by atoms with Crippen molar-refractivity contribution < 1.29 is 23.5 Å². The van der Waals surface area contributed by atoms with Crippen LogP contribution in [0.15, 0.2) is 41.0 Å². The molecule has 1 amide bonds. The summed E-state index contributed by atoms with van der Waals surface area (Å²) >= 11 is 0. The highest BCUT2D eigenvalue weighted by Crippen LogP contribution is 2.39. The molecule has 1 saturated carbocycles. The number of piperidine rings is 1. The molecule has 2 heterocycles. The molecule has 1 atom stereocenters. The van der Waals surface area contributed by atoms with E-state index in [2.05, 4.69) is 0 Å². The van der Waals surface area contributed by atoms with Crippen LogP contribution in [0.5, 0.6) is 5.75 Å². The lowest BCUT2D eigenvalue weighted by Gasteiger charge is -2.31. The zero-order valence-electron chi connectivity index (χ0n) is 19.7. The second-order valence-corrected chi connectivity index (χ2v) is 9.73. The molecule has 2 aromatic carbocycles. The molecular formula is C28H31NO5. The van der Waals surface area contributed by atoms with Crippen molar-refractivity contribution in [3.63, 3.8) is 0 Å². The lowest BCUT2D eigenvalue weighted by atomic mass is 9.81. The van der Waals surface area contributed by atoms with Crippen LogP contribution in [0.3, 0.4) is 0 Å². The van der Waals surface area contributed by atoms with Gasteiger partial charge in [0, 0.05) is 43.3 Å². The number of ether oxygens (including phenoxy) is 1. The fourth-order valence-electron chi connectivity index (χ4n) is 5.52. The monoisotopic (exact) mass is 461 g/mol. The van der Waals surface area contributed by atoms with E-state index in [0.717, 1.165) is 71.8 Å². The summed E-state index contributed by atoms with van der Waals surface area (Å²) in [5.41, 5.74) is 1.65. The average Bonchev–Trinajstić information content (AvgIpc) is 3.26. The van der Waals surface area contributed by atoms with E-state index >= 15 is 0 Å². The number of ketones is 2. The maximum Gasteiger partial charge on any atom is 0.219 e. The van der Waals surface area contributed by atoms with Crippen LogP contribution in [0, 0.1) is 5.92 Å². The van der Waals surface area contributed by atoms with E-state index in [1.165, 1.54) is 0 Å². The Morgan fingerprint density at radius 2 is 1.94 bits per heavy atom. The molecule has 5 rings (SSSR count). The van der Waals surface area contributed by atoms with Crippen LogP contribution in [-0.2, 0) is 14.4 Å². The second-order valence-electron chi connectivity index (χ2n) is 9.73. The van der Waals surface area contributed by atoms with Crippen molar-refractivity contribution in [2.45, 2.75) is 57.8 Å². The van der Waals surface area contributed by atoms with Crippen LogP contribution < -0.4 is 4.74 Å². The predicted molar refractivity (Wildman–Crippen MR) is 130 cm³/mol. The van der Waals surface area contributed by atoms with Crippen molar-refractivity contribution in [3.8, 4) is 5.75 Å². The van der Waals surface area contributed by atoms with Crippen molar-refractivity contribution >= 4 is 39.2 Å². The van der Waals surface area contributed by atoms with Crippen LogP contribution in [0.1, 0.15) is 63.4 Å². The van der Waals surface area contributed by atoms with Gasteiger partial charge in [0.1, 0.15) is 22.9 Å². The van der Waals surface area contributed by atoms with Gasteiger partial charge in [0.15, 0.2) is 0 Å². The number of hydrogen-bond acceptors (Lipinski definition) is 5. The number of amides is 1. The number of likely N-dealkylation sites (tertiary alicyclic amines) is 1. The highest BCUT2D eigenvalue weighted by Gasteiger charge is 2.31. The van der Waals surface area contributed by atoms with Crippen molar-refractivity contribution in [1.29, 1.82) is 0 Å². The maximum atomic E-state index is 12.5. The van der Waals surface area contributed by atoms with Gasteiger partial charge < -0.3 is 14.1 Å². The molecule has 1 unspecified atom stereocenters. The van der Waals surface area contributed by atoms with Gasteiger partial charge in [-0.2, -0.15) is 0 Å². The summed E-state index contributed by atoms with van der Waals surface area (Å²) in [7, 11) is 0. The summed E-state index contributed by atoms with van der Waals surface area (Å²) in [5.74, 6) is 1.43. The van der Waals surface area contributed by atoms with Gasteiger partial charge in [-0.05, 0) is 73.1 Å². The molecule has 3 aromatic rings. The summed E-state index contributed by atoms with van der Waals surface area (Å²) in [6, 6.07) is 10.0. The Kier molecular flexibility index (Phi) is 6.40. The highest BCUT2D eigenvalue weighted by molar-refractivity contribution is 6.11. The van der Waals surface area contributed by atoms with Crippen molar-refractivity contribution in [2.24, 2.45) is 5.92 Å². The fourth-order valence-corrected chi connectivity index (χ4v) is 5.52. The van der Waals surface area contributed by atoms with Gasteiger partial charge in [0.2, 0.25) is 5.91 Å². The Hall–Kier alpha value is -3.15. The Labute approximate surface area is 199 Å². The minimum atomic E-state index is -0.275. The molecule has 178 valence electrons. The normalized spacial score (nSPS) is 19.8. The first-order valence-electron chi connectivity index (χ1n) is 12.4. The molecule has 2 fully saturated rings. The van der Waals surface area contributed by atoms with E-state index in [9.17, 15) is 14.4 Å². The minimum absolute atomic E-state index is 0.0112. The van der Waals surface area contributed by atoms with Crippen LogP contribution in [0.2, 0.25) is 0 Å². The third kappa shape index (κ3) is 4.59. The van der Waals surface area contributed by atoms with E-state index in [4.69, 9.17) is 9.15 Å². The molecule has 34 heavy (non-hydrogen) atoms. The molecule has 0 N–H and O–H groups in total. The summed E-state index contributed by atoms with van der Waals surface area (Å²) in [6.07, 6.45) is 6.99. The Bertz CT molecular complexity index is 1230. The predicted octanol–water partition coefficient (Wildman–Crippen LogP) is 5.41. The molecule has 0 spiro atoms. The van der Waals surface area contributed by atoms with Gasteiger partial charge in [-0.15, -0.1) is 0 Å². The SMILES string of the molecule is CC(=O)N1CCC(CCCOc2ccc3c(ccc4occ(C5CCC(=O)CC5=O)c43)c2)CC1. The standard InChI is InChI=1S/C28H31NO5/c1-18(30)29-12-10-19(11-13-29)3-2-14-33-22-6-8-23-20(15-22)4-9-27-28(23)25(17-34-27)24-7-5-21(31)16-26(24)32/h4,6,8-9,15,17,19,24H,2-3,5,7,10-14,16H2,1H3. The molecule has 0 bridgehead atoms. The van der Waals surface area contributed by atoms with Crippen molar-refractivity contribution in [3.05, 3.63) is 42.2 Å². The molecule has 6 heteroatoms. The number of hydrogen-bond donors (Lipinski definition) is 0. The number of fused-ring (bicyclic) bond motifs is 3. The quantitative estimate of drug-likeness (QED) is 0.362. The van der Waals surface area contributed by atoms with Gasteiger partial charge in [0.25, 0.3) is 0 Å². The fraction of sp³-hybridized carbons (Fsp3) is 0.464. The topological polar surface area (TPSA) is 76.8 Å². The van der Waals surface area contributed by atoms with Gasteiger partial charge >= 0.3 is 0 Å². The largest absolute Gasteiger partial charge is 0.494 e. The summed E-state index contributed by atoms with van der Waals surface area (Å²) < 4.78 is 11.8. The van der Waals surface area contributed by atoms with Crippen LogP contribution >= 0.6 is 0 Å². The third-order valence-corrected chi connectivity index (χ3v) is 7.49. The smallest absolute Gasteiger partial charge is 0.219 e. The van der Waals surface area contributed by atoms with E-state index in [1.54, 1.807) is 13.2 Å². The molecule has 1 saturated heterocycles. The molecular weight excluding hydrogens is 430 g/mol. The molecule has 2 aliphatic rings. The van der Waals surface area contributed by atoms with E-state index in [0.29, 0.717) is 25.4 Å². The maximum absolute atomic E-state index is 12.5. The van der Waals surface area contributed by atoms with Gasteiger partial charge in [0.05, 0.1) is 19.3 Å².